The lowest BCUT2D eigenvalue weighted by atomic mass is 9.96. The van der Waals surface area contributed by atoms with Crippen LogP contribution < -0.4 is 10.6 Å². The summed E-state index contributed by atoms with van der Waals surface area (Å²) in [6.07, 6.45) is 4.75. The minimum atomic E-state index is 0.114. The maximum absolute atomic E-state index is 12.2. The number of amides is 1. The van der Waals surface area contributed by atoms with Gasteiger partial charge in [-0.1, -0.05) is 18.7 Å². The van der Waals surface area contributed by atoms with Gasteiger partial charge in [-0.15, -0.1) is 0 Å². The highest BCUT2D eigenvalue weighted by Crippen LogP contribution is 2.40. The molecule has 3 aromatic rings. The number of rotatable bonds is 4. The molecule has 35 heavy (non-hydrogen) atoms. The third kappa shape index (κ3) is 3.78. The van der Waals surface area contributed by atoms with Gasteiger partial charge in [-0.25, -0.2) is 0 Å². The number of carbonyl (C=O) groups excluding carboxylic acids is 1. The zero-order chi connectivity index (χ0) is 24.1. The van der Waals surface area contributed by atoms with Gasteiger partial charge in [0.25, 0.3) is 0 Å². The highest BCUT2D eigenvalue weighted by Gasteiger charge is 2.34. The summed E-state index contributed by atoms with van der Waals surface area (Å²) in [5, 5.41) is 5.13. The quantitative estimate of drug-likeness (QED) is 0.628. The molecule has 1 fully saturated rings. The summed E-state index contributed by atoms with van der Waals surface area (Å²) in [7, 11) is 0. The smallest absolute Gasteiger partial charge is 0.219 e. The van der Waals surface area contributed by atoms with Crippen molar-refractivity contribution in [2.45, 2.75) is 38.8 Å². The first-order chi connectivity index (χ1) is 17.0. The van der Waals surface area contributed by atoms with Gasteiger partial charge in [0.05, 0.1) is 37.2 Å². The Morgan fingerprint density at radius 2 is 1.97 bits per heavy atom. The SMILES string of the molecule is C=C(N)c1ccc(-c2ccc3c(c2)CCCN3c2nn(C3COC3)c3c2CN(C(C)=O)CC3)cn1. The molecule has 3 aliphatic heterocycles. The van der Waals surface area contributed by atoms with E-state index in [9.17, 15) is 4.79 Å². The highest BCUT2D eigenvalue weighted by atomic mass is 16.5. The fraction of sp³-hybridized carbons (Fsp3) is 0.370. The number of benzene rings is 1. The number of pyridine rings is 1. The first-order valence-corrected chi connectivity index (χ1v) is 12.2. The third-order valence-electron chi connectivity index (χ3n) is 7.36. The number of hydrogen-bond acceptors (Lipinski definition) is 6. The molecule has 0 radical (unpaired) electrons. The van der Waals surface area contributed by atoms with Gasteiger partial charge in [0.1, 0.15) is 0 Å². The Bertz CT molecular complexity index is 1310. The number of nitrogens with two attached hydrogens (primary N) is 1. The summed E-state index contributed by atoms with van der Waals surface area (Å²) in [6.45, 7) is 9.08. The summed E-state index contributed by atoms with van der Waals surface area (Å²) in [5.74, 6) is 1.10. The van der Waals surface area contributed by atoms with Crippen LogP contribution in [0.5, 0.6) is 0 Å². The topological polar surface area (TPSA) is 89.5 Å². The molecular formula is C27H30N6O2. The maximum atomic E-state index is 12.2. The molecule has 2 N–H and O–H groups in total. The molecule has 180 valence electrons. The van der Waals surface area contributed by atoms with Crippen molar-refractivity contribution >= 4 is 23.1 Å². The second-order valence-corrected chi connectivity index (χ2v) is 9.63. The van der Waals surface area contributed by atoms with E-state index in [-0.39, 0.29) is 11.9 Å². The van der Waals surface area contributed by atoms with Crippen LogP contribution in [-0.2, 0) is 28.9 Å². The predicted octanol–water partition coefficient (Wildman–Crippen LogP) is 3.43. The van der Waals surface area contributed by atoms with Gasteiger partial charge in [0, 0.05) is 55.1 Å². The summed E-state index contributed by atoms with van der Waals surface area (Å²) in [5.41, 5.74) is 14.1. The Kier molecular flexibility index (Phi) is 5.33. The molecule has 0 aliphatic carbocycles. The maximum Gasteiger partial charge on any atom is 0.219 e. The standard InChI is InChI=1S/C27H30N6O2/c1-17(28)24-7-5-21(13-29-24)19-6-8-25-20(12-19)4-3-10-32(25)27-23-14-31(18(2)34)11-9-26(23)33(30-27)22-15-35-16-22/h5-8,12-13,22H,1,3-4,9-11,14-16,28H2,2H3. The van der Waals surface area contributed by atoms with Gasteiger partial charge >= 0.3 is 0 Å². The van der Waals surface area contributed by atoms with Crippen LogP contribution in [0.4, 0.5) is 11.5 Å². The summed E-state index contributed by atoms with van der Waals surface area (Å²) < 4.78 is 7.64. The number of aromatic nitrogens is 3. The molecule has 2 aromatic heterocycles. The van der Waals surface area contributed by atoms with Crippen LogP contribution in [0, 0.1) is 0 Å². The van der Waals surface area contributed by atoms with E-state index in [1.807, 2.05) is 23.2 Å². The molecule has 0 unspecified atom stereocenters. The Morgan fingerprint density at radius 1 is 1.14 bits per heavy atom. The molecule has 5 heterocycles. The average molecular weight is 471 g/mol. The van der Waals surface area contributed by atoms with Crippen LogP contribution in [-0.4, -0.2) is 51.9 Å². The molecule has 1 saturated heterocycles. The fourth-order valence-corrected chi connectivity index (χ4v) is 5.33. The molecule has 0 spiro atoms. The van der Waals surface area contributed by atoms with Crippen LogP contribution in [0.25, 0.3) is 16.8 Å². The minimum Gasteiger partial charge on any atom is -0.397 e. The number of ether oxygens (including phenoxy) is 1. The van der Waals surface area contributed by atoms with E-state index < -0.39 is 0 Å². The van der Waals surface area contributed by atoms with E-state index in [0.717, 1.165) is 49.3 Å². The number of anilines is 2. The number of hydrogen-bond donors (Lipinski definition) is 1. The van der Waals surface area contributed by atoms with Crippen LogP contribution >= 0.6 is 0 Å². The third-order valence-corrected chi connectivity index (χ3v) is 7.36. The van der Waals surface area contributed by atoms with Gasteiger partial charge in [0.2, 0.25) is 5.91 Å². The second kappa shape index (κ2) is 8.53. The van der Waals surface area contributed by atoms with E-state index in [1.165, 1.54) is 22.5 Å². The number of fused-ring (bicyclic) bond motifs is 2. The second-order valence-electron chi connectivity index (χ2n) is 9.63. The minimum absolute atomic E-state index is 0.114. The number of nitrogens with zero attached hydrogens (tertiary/aromatic N) is 5. The zero-order valence-corrected chi connectivity index (χ0v) is 20.0. The molecule has 1 amide bonds. The van der Waals surface area contributed by atoms with Crippen molar-refractivity contribution in [1.29, 1.82) is 0 Å². The normalized spacial score (nSPS) is 17.5. The van der Waals surface area contributed by atoms with Crippen molar-refractivity contribution in [2.75, 3.05) is 31.2 Å². The Balaban J connectivity index is 1.37. The van der Waals surface area contributed by atoms with Gasteiger partial charge in [0.15, 0.2) is 5.82 Å². The average Bonchev–Trinajstić information content (AvgIpc) is 3.20. The van der Waals surface area contributed by atoms with Crippen LogP contribution in [0.15, 0.2) is 43.1 Å². The van der Waals surface area contributed by atoms with Crippen molar-refractivity contribution in [2.24, 2.45) is 5.73 Å². The predicted molar refractivity (Wildman–Crippen MR) is 135 cm³/mol. The van der Waals surface area contributed by atoms with E-state index in [1.54, 1.807) is 6.92 Å². The van der Waals surface area contributed by atoms with Gasteiger partial charge < -0.3 is 20.3 Å². The molecule has 3 aliphatic rings. The Hall–Kier alpha value is -3.65. The van der Waals surface area contributed by atoms with Gasteiger partial charge in [-0.2, -0.15) is 5.10 Å². The van der Waals surface area contributed by atoms with Crippen molar-refractivity contribution in [3.05, 3.63) is 65.6 Å². The fourth-order valence-electron chi connectivity index (χ4n) is 5.33. The molecule has 8 nitrogen and oxygen atoms in total. The summed E-state index contributed by atoms with van der Waals surface area (Å²) in [6, 6.07) is 10.8. The first kappa shape index (κ1) is 21.9. The van der Waals surface area contributed by atoms with Crippen molar-refractivity contribution in [1.82, 2.24) is 19.7 Å². The number of carbonyl (C=O) groups is 1. The highest BCUT2D eigenvalue weighted by molar-refractivity contribution is 5.76. The molecule has 0 bridgehead atoms. The van der Waals surface area contributed by atoms with Crippen molar-refractivity contribution in [3.63, 3.8) is 0 Å². The van der Waals surface area contributed by atoms with E-state index in [0.29, 0.717) is 31.1 Å². The summed E-state index contributed by atoms with van der Waals surface area (Å²) >= 11 is 0. The Labute approximate surface area is 205 Å². The largest absolute Gasteiger partial charge is 0.397 e. The lowest BCUT2D eigenvalue weighted by molar-refractivity contribution is -0.129. The van der Waals surface area contributed by atoms with E-state index in [4.69, 9.17) is 15.6 Å². The van der Waals surface area contributed by atoms with Gasteiger partial charge in [-0.3, -0.25) is 14.5 Å². The molecular weight excluding hydrogens is 440 g/mol. The van der Waals surface area contributed by atoms with Crippen LogP contribution in [0.2, 0.25) is 0 Å². The Morgan fingerprint density at radius 3 is 2.66 bits per heavy atom. The van der Waals surface area contributed by atoms with Crippen LogP contribution in [0.1, 0.15) is 41.9 Å². The van der Waals surface area contributed by atoms with E-state index in [2.05, 4.69) is 39.3 Å². The molecule has 0 saturated carbocycles. The van der Waals surface area contributed by atoms with E-state index >= 15 is 0 Å². The molecule has 0 atom stereocenters. The van der Waals surface area contributed by atoms with Gasteiger partial charge in [-0.05, 0) is 42.2 Å². The molecule has 8 heteroatoms. The molecule has 1 aromatic carbocycles. The first-order valence-electron chi connectivity index (χ1n) is 12.2. The monoisotopic (exact) mass is 470 g/mol. The molecule has 6 rings (SSSR count). The number of aryl methyl sites for hydroxylation is 1. The zero-order valence-electron chi connectivity index (χ0n) is 20.0. The summed E-state index contributed by atoms with van der Waals surface area (Å²) in [4.78, 5) is 20.9. The van der Waals surface area contributed by atoms with Crippen molar-refractivity contribution < 1.29 is 9.53 Å². The lowest BCUT2D eigenvalue weighted by Crippen LogP contribution is -2.37. The lowest BCUT2D eigenvalue weighted by Gasteiger charge is -2.33. The van der Waals surface area contributed by atoms with Crippen molar-refractivity contribution in [3.8, 4) is 11.1 Å². The van der Waals surface area contributed by atoms with Crippen LogP contribution in [0.3, 0.4) is 0 Å².